The highest BCUT2D eigenvalue weighted by Crippen LogP contribution is 2.52. The van der Waals surface area contributed by atoms with Gasteiger partial charge >= 0.3 is 5.97 Å². The first-order valence-electron chi connectivity index (χ1n) is 9.00. The number of rotatable bonds is 7. The minimum atomic E-state index is -0.907. The third-order valence-corrected chi connectivity index (χ3v) is 6.06. The molecule has 0 radical (unpaired) electrons. The number of fused-ring (bicyclic) bond motifs is 4. The monoisotopic (exact) mass is 430 g/mol. The molecule has 0 spiro atoms. The summed E-state index contributed by atoms with van der Waals surface area (Å²) < 4.78 is 4.96. The Balaban J connectivity index is 1.97. The minimum Gasteiger partial charge on any atom is -0.481 e. The summed E-state index contributed by atoms with van der Waals surface area (Å²) in [5, 5.41) is 10.1. The third-order valence-electron chi connectivity index (χ3n) is 5.34. The maximum atomic E-state index is 11.4. The standard InChI is InChI=1S/C21H16Cl2N2O4/c22-14-9-16-17(10-15(14)23)25-20-19(24-16)12-3-1-2-4-13(12)21(20,6-5-18(27)28)7-8-29-11-26/h1-4,9-11H,5-8H2,(H,27,28). The maximum absolute atomic E-state index is 11.4. The molecule has 1 atom stereocenters. The number of hydrogen-bond acceptors (Lipinski definition) is 5. The van der Waals surface area contributed by atoms with E-state index in [0.717, 1.165) is 11.1 Å². The van der Waals surface area contributed by atoms with Crippen molar-refractivity contribution in [2.45, 2.75) is 24.7 Å². The van der Waals surface area contributed by atoms with Crippen LogP contribution in [0.3, 0.4) is 0 Å². The molecule has 0 aliphatic heterocycles. The summed E-state index contributed by atoms with van der Waals surface area (Å²) in [7, 11) is 0. The molecule has 1 aliphatic carbocycles. The molecule has 29 heavy (non-hydrogen) atoms. The van der Waals surface area contributed by atoms with Crippen LogP contribution in [0.15, 0.2) is 36.4 Å². The summed E-state index contributed by atoms with van der Waals surface area (Å²) in [6.07, 6.45) is 0.635. The SMILES string of the molecule is O=COCCC1(CCC(=O)O)c2ccccc2-c2nc3cc(Cl)c(Cl)cc3nc21. The van der Waals surface area contributed by atoms with Crippen LogP contribution in [0.5, 0.6) is 0 Å². The van der Waals surface area contributed by atoms with Gasteiger partial charge in [-0.1, -0.05) is 47.5 Å². The molecule has 148 valence electrons. The van der Waals surface area contributed by atoms with Crippen molar-refractivity contribution in [3.8, 4) is 11.3 Å². The van der Waals surface area contributed by atoms with E-state index in [2.05, 4.69) is 0 Å². The Hall–Kier alpha value is -2.70. The molecular formula is C21H16Cl2N2O4. The number of carboxylic acid groups (broad SMARTS) is 1. The van der Waals surface area contributed by atoms with E-state index >= 15 is 0 Å². The van der Waals surface area contributed by atoms with Gasteiger partial charge in [-0.25, -0.2) is 9.97 Å². The first kappa shape index (κ1) is 19.6. The highest BCUT2D eigenvalue weighted by atomic mass is 35.5. The molecule has 2 aromatic carbocycles. The van der Waals surface area contributed by atoms with Crippen LogP contribution in [-0.4, -0.2) is 34.1 Å². The van der Waals surface area contributed by atoms with Crippen LogP contribution < -0.4 is 0 Å². The average Bonchev–Trinajstić information content (AvgIpc) is 2.96. The Bertz CT molecular complexity index is 1140. The lowest BCUT2D eigenvalue weighted by Crippen LogP contribution is -2.29. The van der Waals surface area contributed by atoms with Crippen molar-refractivity contribution in [2.24, 2.45) is 0 Å². The van der Waals surface area contributed by atoms with Crippen LogP contribution in [0.4, 0.5) is 0 Å². The number of aromatic nitrogens is 2. The van der Waals surface area contributed by atoms with Crippen molar-refractivity contribution < 1.29 is 19.4 Å². The topological polar surface area (TPSA) is 89.4 Å². The van der Waals surface area contributed by atoms with Gasteiger partial charge in [-0.2, -0.15) is 0 Å². The van der Waals surface area contributed by atoms with E-state index in [1.165, 1.54) is 0 Å². The van der Waals surface area contributed by atoms with E-state index in [9.17, 15) is 14.7 Å². The summed E-state index contributed by atoms with van der Waals surface area (Å²) in [6.45, 7) is 0.526. The van der Waals surface area contributed by atoms with Crippen molar-refractivity contribution in [3.05, 3.63) is 57.7 Å². The second kappa shape index (κ2) is 7.61. The lowest BCUT2D eigenvalue weighted by atomic mass is 9.74. The van der Waals surface area contributed by atoms with E-state index in [-0.39, 0.29) is 13.0 Å². The van der Waals surface area contributed by atoms with Crippen LogP contribution in [0.1, 0.15) is 30.5 Å². The van der Waals surface area contributed by atoms with Crippen molar-refractivity contribution in [3.63, 3.8) is 0 Å². The van der Waals surface area contributed by atoms with E-state index in [1.807, 2.05) is 24.3 Å². The normalized spacial score (nSPS) is 17.0. The molecule has 3 aromatic rings. The molecule has 1 N–H and O–H groups in total. The number of carbonyl (C=O) groups is 2. The summed E-state index contributed by atoms with van der Waals surface area (Å²) in [5.41, 5.74) is 3.61. The zero-order valence-electron chi connectivity index (χ0n) is 15.2. The summed E-state index contributed by atoms with van der Waals surface area (Å²) in [6, 6.07) is 11.0. The van der Waals surface area contributed by atoms with E-state index in [0.29, 0.717) is 51.8 Å². The number of carbonyl (C=O) groups excluding carboxylic acids is 1. The van der Waals surface area contributed by atoms with Crippen molar-refractivity contribution in [1.82, 2.24) is 9.97 Å². The Morgan fingerprint density at radius 3 is 2.48 bits per heavy atom. The fourth-order valence-corrected chi connectivity index (χ4v) is 4.36. The Morgan fingerprint density at radius 1 is 1.10 bits per heavy atom. The van der Waals surface area contributed by atoms with Gasteiger partial charge in [0.25, 0.3) is 6.47 Å². The van der Waals surface area contributed by atoms with Crippen molar-refractivity contribution in [2.75, 3.05) is 6.61 Å². The lowest BCUT2D eigenvalue weighted by Gasteiger charge is -2.30. The Morgan fingerprint density at radius 2 is 1.79 bits per heavy atom. The second-order valence-corrected chi connectivity index (χ2v) is 7.73. The molecule has 1 unspecified atom stereocenters. The van der Waals surface area contributed by atoms with Gasteiger partial charge in [-0.05, 0) is 30.5 Å². The number of halogens is 2. The molecule has 0 saturated heterocycles. The van der Waals surface area contributed by atoms with Crippen molar-refractivity contribution >= 4 is 46.7 Å². The molecule has 1 aromatic heterocycles. The molecule has 1 aliphatic rings. The highest BCUT2D eigenvalue weighted by molar-refractivity contribution is 6.42. The van der Waals surface area contributed by atoms with Crippen LogP contribution in [0.2, 0.25) is 10.0 Å². The third kappa shape index (κ3) is 3.32. The largest absolute Gasteiger partial charge is 0.481 e. The van der Waals surface area contributed by atoms with Crippen LogP contribution >= 0.6 is 23.2 Å². The number of benzene rings is 2. The first-order chi connectivity index (χ1) is 14.0. The predicted octanol–water partition coefficient (Wildman–Crippen LogP) is 4.63. The smallest absolute Gasteiger partial charge is 0.303 e. The van der Waals surface area contributed by atoms with Gasteiger partial charge in [0.05, 0.1) is 39.1 Å². The Labute approximate surface area is 176 Å². The molecule has 0 saturated carbocycles. The van der Waals surface area contributed by atoms with Crippen molar-refractivity contribution in [1.29, 1.82) is 0 Å². The second-order valence-electron chi connectivity index (χ2n) is 6.91. The lowest BCUT2D eigenvalue weighted by molar-refractivity contribution is -0.137. The van der Waals surface area contributed by atoms with E-state index in [4.69, 9.17) is 37.9 Å². The Kier molecular flexibility index (Phi) is 5.15. The predicted molar refractivity (Wildman–Crippen MR) is 109 cm³/mol. The molecule has 0 fully saturated rings. The van der Waals surface area contributed by atoms with Gasteiger partial charge in [0.2, 0.25) is 0 Å². The molecule has 4 rings (SSSR count). The summed E-state index contributed by atoms with van der Waals surface area (Å²) in [5.74, 6) is -0.907. The highest BCUT2D eigenvalue weighted by Gasteiger charge is 2.45. The van der Waals surface area contributed by atoms with Crippen LogP contribution in [0, 0.1) is 0 Å². The van der Waals surface area contributed by atoms with Gasteiger partial charge in [0.15, 0.2) is 0 Å². The van der Waals surface area contributed by atoms with Gasteiger partial charge in [0.1, 0.15) is 0 Å². The molecule has 1 heterocycles. The van der Waals surface area contributed by atoms with Gasteiger partial charge in [0, 0.05) is 17.4 Å². The molecule has 8 heteroatoms. The quantitative estimate of drug-likeness (QED) is 0.434. The summed E-state index contributed by atoms with van der Waals surface area (Å²) in [4.78, 5) is 31.7. The minimum absolute atomic E-state index is 0.0596. The zero-order chi connectivity index (χ0) is 20.6. The van der Waals surface area contributed by atoms with Gasteiger partial charge in [-0.15, -0.1) is 0 Å². The van der Waals surface area contributed by atoms with Crippen LogP contribution in [-0.2, 0) is 19.7 Å². The summed E-state index contributed by atoms with van der Waals surface area (Å²) >= 11 is 12.3. The average molecular weight is 431 g/mol. The zero-order valence-corrected chi connectivity index (χ0v) is 16.7. The number of aliphatic carboxylic acids is 1. The fourth-order valence-electron chi connectivity index (χ4n) is 4.04. The van der Waals surface area contributed by atoms with Gasteiger partial charge < -0.3 is 9.84 Å². The van der Waals surface area contributed by atoms with Gasteiger partial charge in [-0.3, -0.25) is 9.59 Å². The number of nitrogens with zero attached hydrogens (tertiary/aromatic N) is 2. The maximum Gasteiger partial charge on any atom is 0.303 e. The first-order valence-corrected chi connectivity index (χ1v) is 9.76. The molecular weight excluding hydrogens is 415 g/mol. The van der Waals surface area contributed by atoms with E-state index in [1.54, 1.807) is 12.1 Å². The van der Waals surface area contributed by atoms with E-state index < -0.39 is 11.4 Å². The molecule has 6 nitrogen and oxygen atoms in total. The number of carboxylic acids is 1. The molecule has 0 amide bonds. The number of hydrogen-bond donors (Lipinski definition) is 1. The number of ether oxygens (including phenoxy) is 1. The van der Waals surface area contributed by atoms with Crippen LogP contribution in [0.25, 0.3) is 22.3 Å². The molecule has 0 bridgehead atoms. The fraction of sp³-hybridized carbons (Fsp3) is 0.238.